The van der Waals surface area contributed by atoms with Gasteiger partial charge in [-0.2, -0.15) is 4.31 Å². The molecule has 21 heteroatoms. The number of nitrogens with one attached hydrogen (secondary N) is 1. The fraction of sp³-hybridized carbons (Fsp3) is 0.280. The molecule has 0 spiro atoms. The lowest BCUT2D eigenvalue weighted by atomic mass is 10.1. The molecule has 8 heterocycles. The second-order valence-electron chi connectivity index (χ2n) is 17.2. The van der Waals surface area contributed by atoms with Gasteiger partial charge in [-0.3, -0.25) is 0 Å². The van der Waals surface area contributed by atoms with Gasteiger partial charge in [-0.1, -0.05) is 47.5 Å². The van der Waals surface area contributed by atoms with Gasteiger partial charge in [-0.25, -0.2) is 36.8 Å². The van der Waals surface area contributed by atoms with Crippen molar-refractivity contribution in [2.45, 2.75) is 61.4 Å². The lowest BCUT2D eigenvalue weighted by Gasteiger charge is -2.32. The van der Waals surface area contributed by atoms with Crippen molar-refractivity contribution in [3.05, 3.63) is 131 Å². The van der Waals surface area contributed by atoms with Crippen molar-refractivity contribution >= 4 is 75.3 Å². The van der Waals surface area contributed by atoms with E-state index in [4.69, 9.17) is 72.8 Å². The van der Waals surface area contributed by atoms with Gasteiger partial charge in [-0.15, -0.1) is 0 Å². The molecule has 0 saturated carbocycles. The smallest absolute Gasteiger partial charge is 0.261 e. The van der Waals surface area contributed by atoms with E-state index in [0.717, 1.165) is 87.4 Å². The molecule has 2 fully saturated rings. The quantitative estimate of drug-likeness (QED) is 0.149. The summed E-state index contributed by atoms with van der Waals surface area (Å²) in [5, 5.41) is 4.77. The molecule has 1 N–H and O–H groups in total. The molecule has 0 aliphatic carbocycles. The summed E-state index contributed by atoms with van der Waals surface area (Å²) < 4.78 is 75.1. The van der Waals surface area contributed by atoms with Crippen LogP contribution in [-0.4, -0.2) is 90.0 Å². The van der Waals surface area contributed by atoms with Gasteiger partial charge >= 0.3 is 0 Å². The van der Waals surface area contributed by atoms with Crippen molar-refractivity contribution in [2.24, 2.45) is 0 Å². The first kappa shape index (κ1) is 48.6. The average molecular weight is 1060 g/mol. The van der Waals surface area contributed by atoms with E-state index >= 15 is 0 Å². The summed E-state index contributed by atoms with van der Waals surface area (Å²) in [4.78, 5) is 19.5. The molecule has 8 aromatic rings. The molecular formula is C50H47Cl3N8O8S2. The van der Waals surface area contributed by atoms with Crippen molar-refractivity contribution in [3.8, 4) is 45.8 Å². The van der Waals surface area contributed by atoms with Crippen molar-refractivity contribution in [1.29, 1.82) is 0 Å². The number of pyridine rings is 2. The first-order valence-electron chi connectivity index (χ1n) is 22.9. The third-order valence-corrected chi connectivity index (χ3v) is 16.6. The molecular weight excluding hydrogens is 1010 g/mol. The molecule has 71 heavy (non-hydrogen) atoms. The number of benzene rings is 4. The summed E-state index contributed by atoms with van der Waals surface area (Å²) in [6.07, 6.45) is 3.42. The standard InChI is InChI=1S/C25H23ClN4O4S.C18H19ClN4.C7H5ClO4S/c1-16-6-8-21-25(27-16)30(24(28-21)19-4-2-3-5-20(19)26)17-10-12-29(13-11-17)35(31,32)18-7-9-22-23(14-18)34-15-33-22;1-12-6-7-16-18(21-12)23(13-8-10-20-11-9-13)17(22-16)14-4-2-3-5-15(14)19;8-13(9,10)5-1-2-6-7(3-5)12-4-11-6/h2-9,14,17H,10-13,15H2,1H3;2-7,13,20H,8-11H2,1H3;1-3H,4H2. The van der Waals surface area contributed by atoms with Gasteiger partial charge in [-0.05, 0) is 125 Å². The van der Waals surface area contributed by atoms with E-state index in [2.05, 4.69) is 20.5 Å². The van der Waals surface area contributed by atoms with E-state index in [1.807, 2.05) is 80.6 Å². The van der Waals surface area contributed by atoms with Gasteiger partial charge in [0.25, 0.3) is 9.05 Å². The van der Waals surface area contributed by atoms with Crippen LogP contribution in [0.2, 0.25) is 10.0 Å². The third kappa shape index (κ3) is 10.1. The summed E-state index contributed by atoms with van der Waals surface area (Å²) in [5.41, 5.74) is 7.20. The topological polar surface area (TPSA) is 182 Å². The fourth-order valence-corrected chi connectivity index (χ4v) is 11.8. The maximum atomic E-state index is 13.4. The molecule has 0 radical (unpaired) electrons. The van der Waals surface area contributed by atoms with Gasteiger partial charge in [0.05, 0.1) is 19.8 Å². The van der Waals surface area contributed by atoms with Gasteiger partial charge in [0.15, 0.2) is 34.3 Å². The zero-order valence-corrected chi connectivity index (χ0v) is 42.4. The van der Waals surface area contributed by atoms with Crippen LogP contribution in [0.15, 0.2) is 119 Å². The van der Waals surface area contributed by atoms with E-state index in [1.54, 1.807) is 12.1 Å². The maximum absolute atomic E-state index is 13.4. The maximum Gasteiger partial charge on any atom is 0.261 e. The Bertz CT molecular complexity index is 3520. The zero-order valence-electron chi connectivity index (χ0n) is 38.5. The molecule has 4 aromatic carbocycles. The lowest BCUT2D eigenvalue weighted by molar-refractivity contribution is 0.173. The Morgan fingerprint density at radius 1 is 0.549 bits per heavy atom. The molecule has 368 valence electrons. The van der Waals surface area contributed by atoms with Crippen LogP contribution in [-0.2, 0) is 19.1 Å². The largest absolute Gasteiger partial charge is 0.454 e. The number of hydrogen-bond acceptors (Lipinski definition) is 13. The minimum Gasteiger partial charge on any atom is -0.454 e. The first-order valence-corrected chi connectivity index (χ1v) is 27.4. The van der Waals surface area contributed by atoms with Gasteiger partial charge < -0.3 is 33.4 Å². The third-order valence-electron chi connectivity index (χ3n) is 12.7. The van der Waals surface area contributed by atoms with Crippen molar-refractivity contribution in [1.82, 2.24) is 38.7 Å². The van der Waals surface area contributed by atoms with Crippen LogP contribution in [0.5, 0.6) is 23.0 Å². The van der Waals surface area contributed by atoms with E-state index in [0.29, 0.717) is 60.0 Å². The Balaban J connectivity index is 0.000000138. The molecule has 0 amide bonds. The molecule has 4 aromatic heterocycles. The molecule has 16 nitrogen and oxygen atoms in total. The number of piperidine rings is 2. The minimum atomic E-state index is -3.69. The first-order chi connectivity index (χ1) is 34.2. The molecule has 0 unspecified atom stereocenters. The van der Waals surface area contributed by atoms with Crippen molar-refractivity contribution < 1.29 is 35.8 Å². The second kappa shape index (κ2) is 20.3. The number of sulfonamides is 1. The van der Waals surface area contributed by atoms with E-state index < -0.39 is 19.1 Å². The number of imidazole rings is 2. The average Bonchev–Trinajstić information content (AvgIpc) is 4.19. The van der Waals surface area contributed by atoms with Crippen LogP contribution < -0.4 is 24.3 Å². The van der Waals surface area contributed by atoms with Crippen molar-refractivity contribution in [3.63, 3.8) is 0 Å². The van der Waals surface area contributed by atoms with E-state index in [-0.39, 0.29) is 29.4 Å². The predicted molar refractivity (Wildman–Crippen MR) is 272 cm³/mol. The summed E-state index contributed by atoms with van der Waals surface area (Å²) in [5.74, 6) is 3.63. The van der Waals surface area contributed by atoms with Crippen LogP contribution in [0.1, 0.15) is 49.2 Å². The molecule has 12 rings (SSSR count). The Hall–Kier alpha value is -5.99. The summed E-state index contributed by atoms with van der Waals surface area (Å²) >= 11 is 13.0. The monoisotopic (exact) mass is 1060 g/mol. The van der Waals surface area contributed by atoms with Gasteiger partial charge in [0.2, 0.25) is 23.6 Å². The van der Waals surface area contributed by atoms with Crippen LogP contribution in [0.4, 0.5) is 0 Å². The normalized spacial score (nSPS) is 16.1. The fourth-order valence-electron chi connectivity index (χ4n) is 9.11. The number of aromatic nitrogens is 6. The molecule has 0 atom stereocenters. The van der Waals surface area contributed by atoms with Crippen LogP contribution in [0.25, 0.3) is 45.1 Å². The Kier molecular flexibility index (Phi) is 13.9. The highest BCUT2D eigenvalue weighted by Crippen LogP contribution is 2.40. The number of fused-ring (bicyclic) bond motifs is 4. The summed E-state index contributed by atoms with van der Waals surface area (Å²) in [7, 11) is -2.21. The van der Waals surface area contributed by atoms with Gasteiger partial charge in [0.1, 0.15) is 22.7 Å². The van der Waals surface area contributed by atoms with Crippen LogP contribution in [0, 0.1) is 13.8 Å². The Morgan fingerprint density at radius 2 is 1.00 bits per heavy atom. The van der Waals surface area contributed by atoms with E-state index in [9.17, 15) is 16.8 Å². The van der Waals surface area contributed by atoms with Crippen LogP contribution >= 0.6 is 33.9 Å². The lowest BCUT2D eigenvalue weighted by Crippen LogP contribution is -2.39. The van der Waals surface area contributed by atoms with Crippen molar-refractivity contribution in [2.75, 3.05) is 39.8 Å². The van der Waals surface area contributed by atoms with E-state index in [1.165, 1.54) is 28.6 Å². The van der Waals surface area contributed by atoms with Crippen LogP contribution in [0.3, 0.4) is 0 Å². The Labute approximate surface area is 424 Å². The number of rotatable bonds is 7. The number of nitrogens with zero attached hydrogens (tertiary/aromatic N) is 7. The SMILES string of the molecule is Cc1ccc2nc(-c3ccccc3Cl)n(C3CCN(S(=O)(=O)c4ccc5c(c4)OCO5)CC3)c2n1.Cc1ccc2nc(-c3ccccc3Cl)n(C3CCNCC3)c2n1.O=S(=O)(Cl)c1ccc2c(c1)OCO2. The number of aryl methyl sites for hydroxylation is 2. The summed E-state index contributed by atoms with van der Waals surface area (Å²) in [6.45, 7) is 7.01. The minimum absolute atomic E-state index is 0.0124. The molecule has 4 aliphatic rings. The zero-order chi connectivity index (χ0) is 49.4. The number of hydrogen-bond donors (Lipinski definition) is 1. The molecule has 0 bridgehead atoms. The van der Waals surface area contributed by atoms with Gasteiger partial charge in [0, 0.05) is 70.5 Å². The predicted octanol–water partition coefficient (Wildman–Crippen LogP) is 10.1. The molecule has 4 aliphatic heterocycles. The summed E-state index contributed by atoms with van der Waals surface area (Å²) in [6, 6.07) is 32.9. The second-order valence-corrected chi connectivity index (χ2v) is 22.6. The Morgan fingerprint density at radius 3 is 1.49 bits per heavy atom. The highest BCUT2D eigenvalue weighted by Gasteiger charge is 2.34. The number of ether oxygens (including phenoxy) is 4. The molecule has 2 saturated heterocycles. The highest BCUT2D eigenvalue weighted by molar-refractivity contribution is 8.13. The highest BCUT2D eigenvalue weighted by atomic mass is 35.7. The number of halogens is 3.